The standard InChI is InChI=1S/C20H21N3/c1-16-6-5-7-17(12-16)10-11-21-13-18-14-22-20(23-15-18)19-8-3-2-4-9-19/h2-9,12,14-15,21H,10-11,13H2,1H3. The zero-order valence-corrected chi connectivity index (χ0v) is 13.4. The van der Waals surface area contributed by atoms with Crippen molar-refractivity contribution in [3.05, 3.63) is 83.7 Å². The lowest BCUT2D eigenvalue weighted by Gasteiger charge is -2.06. The molecule has 0 amide bonds. The zero-order chi connectivity index (χ0) is 15.9. The fourth-order valence-electron chi connectivity index (χ4n) is 2.52. The summed E-state index contributed by atoms with van der Waals surface area (Å²) in [6.07, 6.45) is 4.83. The lowest BCUT2D eigenvalue weighted by molar-refractivity contribution is 0.683. The topological polar surface area (TPSA) is 37.8 Å². The Kier molecular flexibility index (Phi) is 5.12. The molecule has 0 bridgehead atoms. The average molecular weight is 303 g/mol. The van der Waals surface area contributed by atoms with Crippen LogP contribution in [0.5, 0.6) is 0 Å². The van der Waals surface area contributed by atoms with Crippen LogP contribution in [0.4, 0.5) is 0 Å². The van der Waals surface area contributed by atoms with Crippen molar-refractivity contribution in [2.75, 3.05) is 6.54 Å². The second kappa shape index (κ2) is 7.65. The molecule has 2 aromatic carbocycles. The van der Waals surface area contributed by atoms with E-state index in [4.69, 9.17) is 0 Å². The van der Waals surface area contributed by atoms with Gasteiger partial charge in [0, 0.05) is 30.1 Å². The fraction of sp³-hybridized carbons (Fsp3) is 0.200. The molecule has 3 rings (SSSR count). The maximum Gasteiger partial charge on any atom is 0.159 e. The maximum absolute atomic E-state index is 4.45. The van der Waals surface area contributed by atoms with Gasteiger partial charge in [-0.1, -0.05) is 60.2 Å². The van der Waals surface area contributed by atoms with Gasteiger partial charge >= 0.3 is 0 Å². The molecule has 0 aliphatic carbocycles. The van der Waals surface area contributed by atoms with E-state index in [1.54, 1.807) is 0 Å². The van der Waals surface area contributed by atoms with Crippen molar-refractivity contribution in [1.29, 1.82) is 0 Å². The van der Waals surface area contributed by atoms with Crippen LogP contribution < -0.4 is 5.32 Å². The normalized spacial score (nSPS) is 10.7. The molecule has 1 heterocycles. The van der Waals surface area contributed by atoms with Crippen molar-refractivity contribution in [3.8, 4) is 11.4 Å². The Morgan fingerprint density at radius 2 is 1.65 bits per heavy atom. The first-order valence-corrected chi connectivity index (χ1v) is 7.94. The molecule has 23 heavy (non-hydrogen) atoms. The lowest BCUT2D eigenvalue weighted by Crippen LogP contribution is -2.17. The van der Waals surface area contributed by atoms with Crippen LogP contribution in [0, 0.1) is 6.92 Å². The molecule has 0 atom stereocenters. The first-order valence-electron chi connectivity index (χ1n) is 7.94. The van der Waals surface area contributed by atoms with Crippen LogP contribution in [-0.2, 0) is 13.0 Å². The summed E-state index contributed by atoms with van der Waals surface area (Å²) in [6, 6.07) is 18.7. The molecular weight excluding hydrogens is 282 g/mol. The van der Waals surface area contributed by atoms with Gasteiger partial charge in [-0.2, -0.15) is 0 Å². The largest absolute Gasteiger partial charge is 0.312 e. The van der Waals surface area contributed by atoms with Crippen LogP contribution in [0.3, 0.4) is 0 Å². The molecular formula is C20H21N3. The molecule has 3 nitrogen and oxygen atoms in total. The van der Waals surface area contributed by atoms with Crippen molar-refractivity contribution in [2.24, 2.45) is 0 Å². The van der Waals surface area contributed by atoms with Crippen molar-refractivity contribution in [1.82, 2.24) is 15.3 Å². The Bertz CT molecular complexity index is 736. The molecule has 0 saturated heterocycles. The predicted octanol–water partition coefficient (Wildman–Crippen LogP) is 3.78. The Labute approximate surface area is 137 Å². The van der Waals surface area contributed by atoms with E-state index in [9.17, 15) is 0 Å². The molecule has 0 aliphatic heterocycles. The molecule has 0 fully saturated rings. The smallest absolute Gasteiger partial charge is 0.159 e. The SMILES string of the molecule is Cc1cccc(CCNCc2cnc(-c3ccccc3)nc2)c1. The summed E-state index contributed by atoms with van der Waals surface area (Å²) >= 11 is 0. The van der Waals surface area contributed by atoms with E-state index in [0.29, 0.717) is 0 Å². The maximum atomic E-state index is 4.45. The van der Waals surface area contributed by atoms with E-state index >= 15 is 0 Å². The van der Waals surface area contributed by atoms with Gasteiger partial charge in [-0.05, 0) is 25.5 Å². The van der Waals surface area contributed by atoms with Crippen LogP contribution >= 0.6 is 0 Å². The zero-order valence-electron chi connectivity index (χ0n) is 13.4. The third-order valence-corrected chi connectivity index (χ3v) is 3.74. The van der Waals surface area contributed by atoms with Gasteiger partial charge in [-0.25, -0.2) is 9.97 Å². The summed E-state index contributed by atoms with van der Waals surface area (Å²) < 4.78 is 0. The minimum Gasteiger partial charge on any atom is -0.312 e. The molecule has 1 aromatic heterocycles. The van der Waals surface area contributed by atoms with Gasteiger partial charge in [-0.3, -0.25) is 0 Å². The quantitative estimate of drug-likeness (QED) is 0.704. The molecule has 0 aliphatic rings. The number of benzene rings is 2. The van der Waals surface area contributed by atoms with E-state index in [1.165, 1.54) is 11.1 Å². The highest BCUT2D eigenvalue weighted by atomic mass is 14.9. The Morgan fingerprint density at radius 3 is 2.39 bits per heavy atom. The average Bonchev–Trinajstić information content (AvgIpc) is 2.60. The molecule has 0 saturated carbocycles. The van der Waals surface area contributed by atoms with Crippen LogP contribution in [0.25, 0.3) is 11.4 Å². The van der Waals surface area contributed by atoms with Gasteiger partial charge in [0.2, 0.25) is 0 Å². The van der Waals surface area contributed by atoms with Gasteiger partial charge in [0.05, 0.1) is 0 Å². The number of aromatic nitrogens is 2. The number of hydrogen-bond donors (Lipinski definition) is 1. The first kappa shape index (κ1) is 15.4. The molecule has 3 heteroatoms. The lowest BCUT2D eigenvalue weighted by atomic mass is 10.1. The predicted molar refractivity (Wildman–Crippen MR) is 94.1 cm³/mol. The second-order valence-corrected chi connectivity index (χ2v) is 5.70. The van der Waals surface area contributed by atoms with E-state index in [-0.39, 0.29) is 0 Å². The monoisotopic (exact) mass is 303 g/mol. The summed E-state index contributed by atoms with van der Waals surface area (Å²) in [5.74, 6) is 0.772. The van der Waals surface area contributed by atoms with E-state index in [2.05, 4.69) is 46.5 Å². The Balaban J connectivity index is 1.49. The minimum atomic E-state index is 0.772. The van der Waals surface area contributed by atoms with E-state index < -0.39 is 0 Å². The van der Waals surface area contributed by atoms with Crippen molar-refractivity contribution < 1.29 is 0 Å². The van der Waals surface area contributed by atoms with Crippen LogP contribution in [-0.4, -0.2) is 16.5 Å². The summed E-state index contributed by atoms with van der Waals surface area (Å²) in [4.78, 5) is 8.89. The fourth-order valence-corrected chi connectivity index (χ4v) is 2.52. The molecule has 0 radical (unpaired) electrons. The van der Waals surface area contributed by atoms with Gasteiger partial charge in [-0.15, -0.1) is 0 Å². The number of hydrogen-bond acceptors (Lipinski definition) is 3. The number of nitrogens with zero attached hydrogens (tertiary/aromatic N) is 2. The molecule has 0 spiro atoms. The number of aryl methyl sites for hydroxylation is 1. The third-order valence-electron chi connectivity index (χ3n) is 3.74. The molecule has 1 N–H and O–H groups in total. The van der Waals surface area contributed by atoms with Crippen molar-refractivity contribution >= 4 is 0 Å². The Morgan fingerprint density at radius 1 is 0.870 bits per heavy atom. The summed E-state index contributed by atoms with van der Waals surface area (Å²) in [6.45, 7) is 3.87. The van der Waals surface area contributed by atoms with Gasteiger partial charge < -0.3 is 5.32 Å². The molecule has 116 valence electrons. The highest BCUT2D eigenvalue weighted by Crippen LogP contribution is 2.13. The van der Waals surface area contributed by atoms with Gasteiger partial charge in [0.1, 0.15) is 0 Å². The van der Waals surface area contributed by atoms with Crippen molar-refractivity contribution in [3.63, 3.8) is 0 Å². The van der Waals surface area contributed by atoms with Crippen LogP contribution in [0.2, 0.25) is 0 Å². The first-order chi connectivity index (χ1) is 11.3. The summed E-state index contributed by atoms with van der Waals surface area (Å²) in [7, 11) is 0. The van der Waals surface area contributed by atoms with Crippen LogP contribution in [0.15, 0.2) is 67.0 Å². The number of rotatable bonds is 6. The van der Waals surface area contributed by atoms with Gasteiger partial charge in [0.15, 0.2) is 5.82 Å². The third kappa shape index (κ3) is 4.47. The van der Waals surface area contributed by atoms with Crippen molar-refractivity contribution in [2.45, 2.75) is 19.9 Å². The van der Waals surface area contributed by atoms with Gasteiger partial charge in [0.25, 0.3) is 0 Å². The second-order valence-electron chi connectivity index (χ2n) is 5.70. The number of nitrogens with one attached hydrogen (secondary N) is 1. The summed E-state index contributed by atoms with van der Waals surface area (Å²) in [5, 5.41) is 3.45. The molecule has 3 aromatic rings. The van der Waals surface area contributed by atoms with E-state index in [0.717, 1.165) is 36.5 Å². The minimum absolute atomic E-state index is 0.772. The summed E-state index contributed by atoms with van der Waals surface area (Å²) in [5.41, 5.74) is 4.83. The molecule has 0 unspecified atom stereocenters. The Hall–Kier alpha value is -2.52. The highest BCUT2D eigenvalue weighted by Gasteiger charge is 2.00. The van der Waals surface area contributed by atoms with E-state index in [1.807, 2.05) is 42.7 Å². The highest BCUT2D eigenvalue weighted by molar-refractivity contribution is 5.53. The van der Waals surface area contributed by atoms with Crippen LogP contribution in [0.1, 0.15) is 16.7 Å².